The fourth-order valence-corrected chi connectivity index (χ4v) is 0.835. The molecule has 1 rings (SSSR count). The molecule has 0 atom stereocenters. The van der Waals surface area contributed by atoms with Gasteiger partial charge in [0, 0.05) is 6.42 Å². The average molecular weight is 174 g/mol. The largest absolute Gasteiger partial charge is 1.00 e. The zero-order valence-electron chi connectivity index (χ0n) is 6.29. The summed E-state index contributed by atoms with van der Waals surface area (Å²) in [6.07, 6.45) is 0.949. The fourth-order valence-electron chi connectivity index (χ4n) is 0.835. The van der Waals surface area contributed by atoms with E-state index in [1.54, 1.807) is 0 Å². The molecule has 11 heavy (non-hydrogen) atoms. The summed E-state index contributed by atoms with van der Waals surface area (Å²) in [4.78, 5) is 4.70. The third-order valence-corrected chi connectivity index (χ3v) is 1.38. The van der Waals surface area contributed by atoms with Crippen LogP contribution in [0.1, 0.15) is 5.56 Å². The summed E-state index contributed by atoms with van der Waals surface area (Å²) >= 11 is 0. The number of rotatable bonds is 3. The summed E-state index contributed by atoms with van der Waals surface area (Å²) in [7, 11) is 0. The second-order valence-corrected chi connectivity index (χ2v) is 2.14. The van der Waals surface area contributed by atoms with Crippen LogP contribution in [-0.2, 0) is 11.3 Å². The normalized spacial score (nSPS) is 8.82. The summed E-state index contributed by atoms with van der Waals surface area (Å²) < 4.78 is 0. The molecule has 0 aliphatic rings. The van der Waals surface area contributed by atoms with Gasteiger partial charge in [0.2, 0.25) is 0 Å². The zero-order chi connectivity index (χ0) is 7.23. The monoisotopic (exact) mass is 173 g/mol. The Hall–Kier alpha value is -0.570. The van der Waals surface area contributed by atoms with Gasteiger partial charge in [0.1, 0.15) is 6.61 Å². The Morgan fingerprint density at radius 3 is 2.36 bits per heavy atom. The van der Waals surface area contributed by atoms with E-state index in [4.69, 9.17) is 4.84 Å². The van der Waals surface area contributed by atoms with Gasteiger partial charge in [-0.3, -0.25) is 0 Å². The molecule has 0 bridgehead atoms. The summed E-state index contributed by atoms with van der Waals surface area (Å²) in [6, 6.07) is 10.2. The summed E-state index contributed by atoms with van der Waals surface area (Å²) in [5.74, 6) is 3.30. The molecule has 0 fully saturated rings. The van der Waals surface area contributed by atoms with Crippen LogP contribution >= 0.6 is 0 Å². The molecule has 0 aromatic heterocycles. The minimum Gasteiger partial charge on any atom is -1.00 e. The Balaban J connectivity index is 0.000001000. The van der Waals surface area contributed by atoms with Gasteiger partial charge in [-0.1, -0.05) is 30.3 Å². The number of benzene rings is 1. The van der Waals surface area contributed by atoms with Crippen molar-refractivity contribution < 1.29 is 23.1 Å². The van der Waals surface area contributed by atoms with Crippen molar-refractivity contribution in [1.29, 1.82) is 0 Å². The Labute approximate surface area is 72.7 Å². The Kier molecular flexibility index (Phi) is 5.84. The molecular weight excluding hydrogens is 162 g/mol. The fraction of sp³-hybridized carbons (Fsp3) is 0.250. The lowest BCUT2D eigenvalue weighted by molar-refractivity contribution is -0.689. The van der Waals surface area contributed by atoms with Crippen LogP contribution in [0, 0.1) is 0 Å². The molecule has 0 heterocycles. The predicted octanol–water partition coefficient (Wildman–Crippen LogP) is -2.59. The van der Waals surface area contributed by atoms with E-state index >= 15 is 0 Å². The maximum absolute atomic E-state index is 4.70. The van der Waals surface area contributed by atoms with Gasteiger partial charge in [-0.25, -0.2) is 10.7 Å². The van der Waals surface area contributed by atoms with Crippen LogP contribution in [-0.4, -0.2) is 6.61 Å². The number of halogens is 1. The molecule has 62 valence electrons. The molecule has 3 N–H and O–H groups in total. The predicted molar refractivity (Wildman–Crippen MR) is 39.0 cm³/mol. The van der Waals surface area contributed by atoms with Gasteiger partial charge in [-0.2, -0.15) is 0 Å². The molecule has 1 aromatic carbocycles. The van der Waals surface area contributed by atoms with Crippen molar-refractivity contribution in [3.05, 3.63) is 35.9 Å². The number of hydrogen-bond acceptors (Lipinski definition) is 1. The molecular formula is C8H12ClNO. The van der Waals surface area contributed by atoms with Gasteiger partial charge in [0.15, 0.2) is 0 Å². The van der Waals surface area contributed by atoms with Crippen molar-refractivity contribution in [3.8, 4) is 0 Å². The first-order valence-electron chi connectivity index (χ1n) is 3.34. The average Bonchev–Trinajstić information content (AvgIpc) is 2.03. The van der Waals surface area contributed by atoms with Gasteiger partial charge in [0.25, 0.3) is 0 Å². The summed E-state index contributed by atoms with van der Waals surface area (Å²) in [5, 5.41) is 0. The highest BCUT2D eigenvalue weighted by Crippen LogP contribution is 1.97. The number of hydrogen-bond donors (Lipinski definition) is 1. The molecule has 0 unspecified atom stereocenters. The van der Waals surface area contributed by atoms with Gasteiger partial charge in [0.05, 0.1) is 0 Å². The SMILES string of the molecule is [Cl-].[NH3+]OCCc1ccccc1. The first-order valence-corrected chi connectivity index (χ1v) is 3.34. The lowest BCUT2D eigenvalue weighted by Gasteiger charge is -1.95. The van der Waals surface area contributed by atoms with E-state index in [9.17, 15) is 0 Å². The highest BCUT2D eigenvalue weighted by Gasteiger charge is 1.89. The summed E-state index contributed by atoms with van der Waals surface area (Å²) in [5.41, 5.74) is 1.30. The minimum atomic E-state index is 0. The van der Waals surface area contributed by atoms with Crippen LogP contribution in [0.3, 0.4) is 0 Å². The van der Waals surface area contributed by atoms with Gasteiger partial charge < -0.3 is 12.4 Å². The van der Waals surface area contributed by atoms with E-state index in [0.717, 1.165) is 6.42 Å². The third kappa shape index (κ3) is 3.98. The van der Waals surface area contributed by atoms with Crippen molar-refractivity contribution in [2.75, 3.05) is 6.61 Å². The molecule has 0 saturated heterocycles. The summed E-state index contributed by atoms with van der Waals surface area (Å²) in [6.45, 7) is 0.698. The van der Waals surface area contributed by atoms with Gasteiger partial charge in [-0.15, -0.1) is 0 Å². The molecule has 0 amide bonds. The van der Waals surface area contributed by atoms with E-state index in [2.05, 4.69) is 18.0 Å². The van der Waals surface area contributed by atoms with E-state index < -0.39 is 0 Å². The lowest BCUT2D eigenvalue weighted by Crippen LogP contribution is -3.00. The van der Waals surface area contributed by atoms with Crippen molar-refractivity contribution >= 4 is 0 Å². The van der Waals surface area contributed by atoms with Crippen molar-refractivity contribution in [2.24, 2.45) is 0 Å². The second-order valence-electron chi connectivity index (χ2n) is 2.14. The van der Waals surface area contributed by atoms with Crippen LogP contribution in [0.15, 0.2) is 30.3 Å². The minimum absolute atomic E-state index is 0. The third-order valence-electron chi connectivity index (χ3n) is 1.38. The molecule has 0 aliphatic carbocycles. The maximum atomic E-state index is 4.70. The van der Waals surface area contributed by atoms with E-state index in [1.807, 2.05) is 18.2 Å². The standard InChI is InChI=1S/C8H12NO.ClH/c9-10-7-6-8-4-2-1-3-5-8;/h1-5H,6-7H2,9H3;1H/q+1;/p-1. The molecule has 1 aromatic rings. The lowest BCUT2D eigenvalue weighted by atomic mass is 10.2. The number of quaternary nitrogens is 1. The zero-order valence-corrected chi connectivity index (χ0v) is 7.05. The van der Waals surface area contributed by atoms with Crippen molar-refractivity contribution in [2.45, 2.75) is 6.42 Å². The van der Waals surface area contributed by atoms with Crippen LogP contribution in [0.5, 0.6) is 0 Å². The second kappa shape index (κ2) is 6.16. The van der Waals surface area contributed by atoms with E-state index in [0.29, 0.717) is 6.61 Å². The van der Waals surface area contributed by atoms with Gasteiger partial charge >= 0.3 is 0 Å². The molecule has 0 saturated carbocycles. The van der Waals surface area contributed by atoms with Crippen molar-refractivity contribution in [1.82, 2.24) is 0 Å². The molecule has 0 radical (unpaired) electrons. The van der Waals surface area contributed by atoms with Crippen molar-refractivity contribution in [3.63, 3.8) is 0 Å². The maximum Gasteiger partial charge on any atom is 0.110 e. The Morgan fingerprint density at radius 1 is 1.18 bits per heavy atom. The van der Waals surface area contributed by atoms with Crippen LogP contribution in [0.2, 0.25) is 0 Å². The Morgan fingerprint density at radius 2 is 1.82 bits per heavy atom. The Bertz CT molecular complexity index is 179. The molecule has 3 heteroatoms. The molecule has 2 nitrogen and oxygen atoms in total. The first-order chi connectivity index (χ1) is 4.93. The van der Waals surface area contributed by atoms with E-state index in [1.165, 1.54) is 5.56 Å². The highest BCUT2D eigenvalue weighted by atomic mass is 35.5. The molecule has 0 spiro atoms. The smallest absolute Gasteiger partial charge is 0.110 e. The first kappa shape index (κ1) is 10.4. The van der Waals surface area contributed by atoms with Crippen LogP contribution in [0.4, 0.5) is 0 Å². The van der Waals surface area contributed by atoms with Gasteiger partial charge in [-0.05, 0) is 5.56 Å². The topological polar surface area (TPSA) is 36.9 Å². The molecule has 0 aliphatic heterocycles. The quantitative estimate of drug-likeness (QED) is 0.501. The van der Waals surface area contributed by atoms with E-state index in [-0.39, 0.29) is 12.4 Å². The van der Waals surface area contributed by atoms with Crippen LogP contribution < -0.4 is 18.3 Å². The highest BCUT2D eigenvalue weighted by molar-refractivity contribution is 5.14. The van der Waals surface area contributed by atoms with Crippen LogP contribution in [0.25, 0.3) is 0 Å².